The summed E-state index contributed by atoms with van der Waals surface area (Å²) < 4.78 is 10.6. The van der Waals surface area contributed by atoms with E-state index in [0.717, 1.165) is 25.9 Å². The molecule has 23 heavy (non-hydrogen) atoms. The number of hydrogen-bond donors (Lipinski definition) is 0. The van der Waals surface area contributed by atoms with Crippen molar-refractivity contribution in [3.8, 4) is 11.5 Å². The molecule has 0 spiro atoms. The predicted octanol–water partition coefficient (Wildman–Crippen LogP) is 2.40. The van der Waals surface area contributed by atoms with E-state index in [1.807, 2.05) is 0 Å². The Balaban J connectivity index is 1.84. The van der Waals surface area contributed by atoms with Gasteiger partial charge in [0.25, 0.3) is 5.91 Å². The van der Waals surface area contributed by atoms with E-state index in [4.69, 9.17) is 9.47 Å². The second-order valence-electron chi connectivity index (χ2n) is 6.50. The van der Waals surface area contributed by atoms with Gasteiger partial charge in [0, 0.05) is 30.3 Å². The lowest BCUT2D eigenvalue weighted by molar-refractivity contribution is 0.0663. The molecular formula is C18H26N2O3. The Morgan fingerprint density at radius 3 is 2.17 bits per heavy atom. The number of methoxy groups -OCH3 is 2. The summed E-state index contributed by atoms with van der Waals surface area (Å²) in [5.74, 6) is 1.40. The van der Waals surface area contributed by atoms with Gasteiger partial charge in [-0.05, 0) is 51.4 Å². The van der Waals surface area contributed by atoms with E-state index in [-0.39, 0.29) is 5.91 Å². The highest BCUT2D eigenvalue weighted by molar-refractivity contribution is 5.95. The minimum Gasteiger partial charge on any atom is -0.497 e. The lowest BCUT2D eigenvalue weighted by atomic mass is 10.0. The Bertz CT molecular complexity index is 553. The minimum atomic E-state index is 0.0880. The molecule has 2 unspecified atom stereocenters. The number of likely N-dealkylation sites (N-methyl/N-ethyl adjacent to an activating group) is 1. The van der Waals surface area contributed by atoms with Crippen molar-refractivity contribution in [2.24, 2.45) is 0 Å². The van der Waals surface area contributed by atoms with E-state index in [2.05, 4.69) is 16.8 Å². The maximum atomic E-state index is 13.1. The first-order chi connectivity index (χ1) is 11.1. The highest BCUT2D eigenvalue weighted by Gasteiger charge is 2.38. The molecule has 1 amide bonds. The molecule has 2 atom stereocenters. The number of carbonyl (C=O) groups excluding carboxylic acids is 1. The molecule has 0 bridgehead atoms. The van der Waals surface area contributed by atoms with Crippen molar-refractivity contribution in [3.05, 3.63) is 23.8 Å². The summed E-state index contributed by atoms with van der Waals surface area (Å²) in [6.45, 7) is 1.98. The van der Waals surface area contributed by atoms with Crippen LogP contribution in [-0.2, 0) is 0 Å². The molecule has 0 aliphatic carbocycles. The van der Waals surface area contributed by atoms with E-state index >= 15 is 0 Å². The third-order valence-corrected chi connectivity index (χ3v) is 5.18. The lowest BCUT2D eigenvalue weighted by Crippen LogP contribution is -2.47. The van der Waals surface area contributed by atoms with Gasteiger partial charge < -0.3 is 19.3 Å². The van der Waals surface area contributed by atoms with Crippen molar-refractivity contribution >= 4 is 5.91 Å². The molecule has 2 aliphatic rings. The molecule has 1 aromatic rings. The summed E-state index contributed by atoms with van der Waals surface area (Å²) in [7, 11) is 5.39. The fourth-order valence-corrected chi connectivity index (χ4v) is 3.96. The summed E-state index contributed by atoms with van der Waals surface area (Å²) in [4.78, 5) is 17.5. The number of likely N-dealkylation sites (tertiary alicyclic amines) is 2. The Kier molecular flexibility index (Phi) is 4.76. The summed E-state index contributed by atoms with van der Waals surface area (Å²) in [6, 6.07) is 6.22. The molecule has 5 nitrogen and oxygen atoms in total. The SMILES string of the molecule is COc1cc(OC)cc(C(=O)N2CCCC2C2CCCN2C)c1. The molecule has 0 N–H and O–H groups in total. The highest BCUT2D eigenvalue weighted by atomic mass is 16.5. The average Bonchev–Trinajstić information content (AvgIpc) is 3.21. The molecule has 2 fully saturated rings. The first-order valence-corrected chi connectivity index (χ1v) is 8.38. The van der Waals surface area contributed by atoms with Crippen LogP contribution in [0.2, 0.25) is 0 Å². The van der Waals surface area contributed by atoms with Crippen LogP contribution < -0.4 is 9.47 Å². The van der Waals surface area contributed by atoms with Crippen molar-refractivity contribution in [3.63, 3.8) is 0 Å². The first kappa shape index (κ1) is 16.1. The zero-order valence-electron chi connectivity index (χ0n) is 14.2. The van der Waals surface area contributed by atoms with Gasteiger partial charge in [0.05, 0.1) is 14.2 Å². The topological polar surface area (TPSA) is 42.0 Å². The van der Waals surface area contributed by atoms with Gasteiger partial charge in [0.1, 0.15) is 11.5 Å². The minimum absolute atomic E-state index is 0.0880. The van der Waals surface area contributed by atoms with Gasteiger partial charge >= 0.3 is 0 Å². The second-order valence-corrected chi connectivity index (χ2v) is 6.50. The maximum Gasteiger partial charge on any atom is 0.254 e. The van der Waals surface area contributed by atoms with Crippen LogP contribution in [0.15, 0.2) is 18.2 Å². The van der Waals surface area contributed by atoms with Crippen molar-refractivity contribution in [2.75, 3.05) is 34.4 Å². The molecule has 5 heteroatoms. The number of nitrogens with zero attached hydrogens (tertiary/aromatic N) is 2. The standard InChI is InChI=1S/C18H26N2O3/c1-19-8-4-6-16(19)17-7-5-9-20(17)18(21)13-10-14(22-2)12-15(11-13)23-3/h10-12,16-17H,4-9H2,1-3H3. The molecule has 0 saturated carbocycles. The van der Waals surface area contributed by atoms with Gasteiger partial charge in [0.2, 0.25) is 0 Å². The molecule has 2 aliphatic heterocycles. The van der Waals surface area contributed by atoms with Gasteiger partial charge in [-0.2, -0.15) is 0 Å². The number of ether oxygens (including phenoxy) is 2. The Morgan fingerprint density at radius 2 is 1.61 bits per heavy atom. The number of rotatable bonds is 4. The number of hydrogen-bond acceptors (Lipinski definition) is 4. The Labute approximate surface area is 138 Å². The summed E-state index contributed by atoms with van der Waals surface area (Å²) >= 11 is 0. The first-order valence-electron chi connectivity index (χ1n) is 8.38. The van der Waals surface area contributed by atoms with Gasteiger partial charge in [-0.3, -0.25) is 4.79 Å². The molecule has 0 radical (unpaired) electrons. The van der Waals surface area contributed by atoms with Crippen molar-refractivity contribution in [1.82, 2.24) is 9.80 Å². The quantitative estimate of drug-likeness (QED) is 0.855. The molecule has 3 rings (SSSR count). The molecular weight excluding hydrogens is 292 g/mol. The van der Waals surface area contributed by atoms with E-state index in [9.17, 15) is 4.79 Å². The predicted molar refractivity (Wildman–Crippen MR) is 89.3 cm³/mol. The fraction of sp³-hybridized carbons (Fsp3) is 0.611. The summed E-state index contributed by atoms with van der Waals surface area (Å²) in [6.07, 6.45) is 4.60. The van der Waals surface area contributed by atoms with Crippen LogP contribution in [0.3, 0.4) is 0 Å². The third kappa shape index (κ3) is 3.15. The fourth-order valence-electron chi connectivity index (χ4n) is 3.96. The summed E-state index contributed by atoms with van der Waals surface area (Å²) in [5, 5.41) is 0. The zero-order valence-corrected chi connectivity index (χ0v) is 14.2. The average molecular weight is 318 g/mol. The van der Waals surface area contributed by atoms with Crippen LogP contribution in [0.25, 0.3) is 0 Å². The highest BCUT2D eigenvalue weighted by Crippen LogP contribution is 2.31. The third-order valence-electron chi connectivity index (χ3n) is 5.18. The zero-order chi connectivity index (χ0) is 16.4. The van der Waals surface area contributed by atoms with Gasteiger partial charge in [-0.15, -0.1) is 0 Å². The van der Waals surface area contributed by atoms with Crippen molar-refractivity contribution in [1.29, 1.82) is 0 Å². The van der Waals surface area contributed by atoms with Gasteiger partial charge in [0.15, 0.2) is 0 Å². The molecule has 0 aromatic heterocycles. The van der Waals surface area contributed by atoms with Crippen LogP contribution in [0.5, 0.6) is 11.5 Å². The Hall–Kier alpha value is -1.75. The smallest absolute Gasteiger partial charge is 0.254 e. The maximum absolute atomic E-state index is 13.1. The molecule has 2 saturated heterocycles. The normalized spacial score (nSPS) is 24.9. The van der Waals surface area contributed by atoms with Gasteiger partial charge in [-0.25, -0.2) is 0 Å². The Morgan fingerprint density at radius 1 is 1.00 bits per heavy atom. The summed E-state index contributed by atoms with van der Waals surface area (Å²) in [5.41, 5.74) is 0.647. The van der Waals surface area contributed by atoms with Crippen LogP contribution in [0.4, 0.5) is 0 Å². The number of amides is 1. The van der Waals surface area contributed by atoms with E-state index in [1.165, 1.54) is 12.8 Å². The van der Waals surface area contributed by atoms with E-state index in [0.29, 0.717) is 29.1 Å². The number of benzene rings is 1. The van der Waals surface area contributed by atoms with E-state index in [1.54, 1.807) is 32.4 Å². The number of carbonyl (C=O) groups is 1. The largest absolute Gasteiger partial charge is 0.497 e. The molecule has 1 aromatic carbocycles. The van der Waals surface area contributed by atoms with Crippen molar-refractivity contribution in [2.45, 2.75) is 37.8 Å². The van der Waals surface area contributed by atoms with Crippen LogP contribution in [-0.4, -0.2) is 62.1 Å². The van der Waals surface area contributed by atoms with Crippen LogP contribution >= 0.6 is 0 Å². The second kappa shape index (κ2) is 6.79. The van der Waals surface area contributed by atoms with Crippen LogP contribution in [0, 0.1) is 0 Å². The molecule has 2 heterocycles. The van der Waals surface area contributed by atoms with Gasteiger partial charge in [-0.1, -0.05) is 0 Å². The van der Waals surface area contributed by atoms with Crippen molar-refractivity contribution < 1.29 is 14.3 Å². The van der Waals surface area contributed by atoms with E-state index < -0.39 is 0 Å². The lowest BCUT2D eigenvalue weighted by Gasteiger charge is -2.33. The molecule has 126 valence electrons. The monoisotopic (exact) mass is 318 g/mol. The van der Waals surface area contributed by atoms with Crippen LogP contribution in [0.1, 0.15) is 36.0 Å².